The molecule has 0 spiro atoms. The molecule has 1 aromatic rings. The fourth-order valence-electron chi connectivity index (χ4n) is 2.29. The lowest BCUT2D eigenvalue weighted by Gasteiger charge is -2.11. The van der Waals surface area contributed by atoms with Crippen LogP contribution in [-0.4, -0.2) is 19.0 Å². The number of rotatable bonds is 5. The zero-order chi connectivity index (χ0) is 14.0. The number of benzene rings is 1. The summed E-state index contributed by atoms with van der Waals surface area (Å²) in [6.45, 7) is 8.02. The minimum absolute atomic E-state index is 0.0796. The minimum Gasteiger partial charge on any atom is -0.397 e. The predicted molar refractivity (Wildman–Crippen MR) is 79.2 cm³/mol. The molecule has 4 nitrogen and oxygen atoms in total. The lowest BCUT2D eigenvalue weighted by atomic mass is 10.1. The second-order valence-corrected chi connectivity index (χ2v) is 5.93. The summed E-state index contributed by atoms with van der Waals surface area (Å²) in [6.07, 6.45) is 1.26. The average Bonchev–Trinajstić information content (AvgIpc) is 2.96. The fraction of sp³-hybridized carbons (Fsp3) is 0.533. The van der Waals surface area contributed by atoms with Crippen molar-refractivity contribution in [3.05, 3.63) is 23.8 Å². The van der Waals surface area contributed by atoms with Crippen LogP contribution in [0.5, 0.6) is 0 Å². The molecule has 0 heterocycles. The Balaban J connectivity index is 1.97. The molecule has 2 rings (SSSR count). The first-order valence-electron chi connectivity index (χ1n) is 6.85. The number of nitrogens with two attached hydrogens (primary N) is 1. The predicted octanol–water partition coefficient (Wildman–Crippen LogP) is 2.48. The van der Waals surface area contributed by atoms with Crippen LogP contribution in [0.25, 0.3) is 0 Å². The van der Waals surface area contributed by atoms with Crippen LogP contribution in [0, 0.1) is 11.3 Å². The average molecular weight is 261 g/mol. The van der Waals surface area contributed by atoms with E-state index in [1.807, 2.05) is 19.1 Å². The van der Waals surface area contributed by atoms with Gasteiger partial charge in [-0.2, -0.15) is 0 Å². The molecule has 0 saturated heterocycles. The van der Waals surface area contributed by atoms with E-state index in [9.17, 15) is 4.79 Å². The SMILES string of the molecule is CCNC(=O)c1ccc(NCC2CC2(C)C)c(N)c1. The smallest absolute Gasteiger partial charge is 0.251 e. The van der Waals surface area contributed by atoms with E-state index in [4.69, 9.17) is 5.73 Å². The third kappa shape index (κ3) is 3.19. The molecule has 1 saturated carbocycles. The highest BCUT2D eigenvalue weighted by Gasteiger charge is 2.44. The van der Waals surface area contributed by atoms with Crippen molar-refractivity contribution in [2.24, 2.45) is 11.3 Å². The van der Waals surface area contributed by atoms with E-state index in [1.54, 1.807) is 6.07 Å². The second-order valence-electron chi connectivity index (χ2n) is 5.93. The number of hydrogen-bond acceptors (Lipinski definition) is 3. The van der Waals surface area contributed by atoms with Gasteiger partial charge in [-0.3, -0.25) is 4.79 Å². The third-order valence-corrected chi connectivity index (χ3v) is 3.91. The van der Waals surface area contributed by atoms with Crippen molar-refractivity contribution in [1.82, 2.24) is 5.32 Å². The maximum absolute atomic E-state index is 11.7. The lowest BCUT2D eigenvalue weighted by molar-refractivity contribution is 0.0956. The minimum atomic E-state index is -0.0796. The molecule has 19 heavy (non-hydrogen) atoms. The van der Waals surface area contributed by atoms with Crippen LogP contribution < -0.4 is 16.4 Å². The number of carbonyl (C=O) groups is 1. The summed E-state index contributed by atoms with van der Waals surface area (Å²) >= 11 is 0. The molecule has 1 amide bonds. The number of nitrogen functional groups attached to an aromatic ring is 1. The summed E-state index contributed by atoms with van der Waals surface area (Å²) in [6, 6.07) is 5.42. The van der Waals surface area contributed by atoms with Gasteiger partial charge in [0.1, 0.15) is 0 Å². The van der Waals surface area contributed by atoms with Crippen molar-refractivity contribution in [2.75, 3.05) is 24.1 Å². The molecular formula is C15H23N3O. The second kappa shape index (κ2) is 5.11. The Morgan fingerprint density at radius 2 is 2.16 bits per heavy atom. The largest absolute Gasteiger partial charge is 0.397 e. The maximum Gasteiger partial charge on any atom is 0.251 e. The van der Waals surface area contributed by atoms with Crippen LogP contribution in [0.15, 0.2) is 18.2 Å². The van der Waals surface area contributed by atoms with E-state index in [0.29, 0.717) is 23.2 Å². The summed E-state index contributed by atoms with van der Waals surface area (Å²) in [5, 5.41) is 6.14. The van der Waals surface area contributed by atoms with Gasteiger partial charge in [0, 0.05) is 18.7 Å². The standard InChI is InChI=1S/C15H23N3O/c1-4-17-14(19)10-5-6-13(12(16)7-10)18-9-11-8-15(11,2)3/h5-7,11,18H,4,8-9,16H2,1-3H3,(H,17,19). The number of anilines is 2. The van der Waals surface area contributed by atoms with Gasteiger partial charge in [0.15, 0.2) is 0 Å². The third-order valence-electron chi connectivity index (χ3n) is 3.91. The molecule has 0 aromatic heterocycles. The molecule has 1 unspecified atom stereocenters. The maximum atomic E-state index is 11.7. The molecule has 104 valence electrons. The van der Waals surface area contributed by atoms with Gasteiger partial charge in [0.25, 0.3) is 5.91 Å². The molecular weight excluding hydrogens is 238 g/mol. The quantitative estimate of drug-likeness (QED) is 0.713. The first kappa shape index (κ1) is 13.7. The van der Waals surface area contributed by atoms with E-state index in [-0.39, 0.29) is 5.91 Å². The Morgan fingerprint density at radius 3 is 2.68 bits per heavy atom. The first-order chi connectivity index (χ1) is 8.94. The summed E-state index contributed by atoms with van der Waals surface area (Å²) in [5.74, 6) is 0.638. The van der Waals surface area contributed by atoms with Gasteiger partial charge < -0.3 is 16.4 Å². The van der Waals surface area contributed by atoms with Gasteiger partial charge in [0.05, 0.1) is 11.4 Å². The van der Waals surface area contributed by atoms with Crippen LogP contribution in [0.4, 0.5) is 11.4 Å². The van der Waals surface area contributed by atoms with Gasteiger partial charge in [-0.15, -0.1) is 0 Å². The van der Waals surface area contributed by atoms with Crippen molar-refractivity contribution in [3.63, 3.8) is 0 Å². The van der Waals surface area contributed by atoms with Crippen LogP contribution in [-0.2, 0) is 0 Å². The Bertz CT molecular complexity index is 482. The first-order valence-corrected chi connectivity index (χ1v) is 6.85. The van der Waals surface area contributed by atoms with E-state index >= 15 is 0 Å². The van der Waals surface area contributed by atoms with Gasteiger partial charge >= 0.3 is 0 Å². The van der Waals surface area contributed by atoms with E-state index in [0.717, 1.165) is 18.2 Å². The van der Waals surface area contributed by atoms with Crippen LogP contribution in [0.2, 0.25) is 0 Å². The topological polar surface area (TPSA) is 67.2 Å². The van der Waals surface area contributed by atoms with Crippen LogP contribution in [0.1, 0.15) is 37.6 Å². The summed E-state index contributed by atoms with van der Waals surface area (Å²) < 4.78 is 0. The number of amides is 1. The van der Waals surface area contributed by atoms with E-state index in [2.05, 4.69) is 24.5 Å². The lowest BCUT2D eigenvalue weighted by Crippen LogP contribution is -2.22. The summed E-state index contributed by atoms with van der Waals surface area (Å²) in [7, 11) is 0. The van der Waals surface area contributed by atoms with Crippen LogP contribution in [0.3, 0.4) is 0 Å². The highest BCUT2D eigenvalue weighted by Crippen LogP contribution is 2.51. The molecule has 0 radical (unpaired) electrons. The zero-order valence-corrected chi connectivity index (χ0v) is 11.9. The zero-order valence-electron chi connectivity index (χ0n) is 11.9. The normalized spacial score (nSPS) is 19.8. The van der Waals surface area contributed by atoms with Gasteiger partial charge in [0.2, 0.25) is 0 Å². The molecule has 4 N–H and O–H groups in total. The molecule has 1 aliphatic rings. The molecule has 1 fully saturated rings. The number of carbonyl (C=O) groups excluding carboxylic acids is 1. The van der Waals surface area contributed by atoms with Crippen molar-refractivity contribution in [3.8, 4) is 0 Å². The Labute approximate surface area is 114 Å². The van der Waals surface area contributed by atoms with Crippen molar-refractivity contribution < 1.29 is 4.79 Å². The molecule has 1 aliphatic carbocycles. The fourth-order valence-corrected chi connectivity index (χ4v) is 2.29. The monoisotopic (exact) mass is 261 g/mol. The highest BCUT2D eigenvalue weighted by atomic mass is 16.1. The van der Waals surface area contributed by atoms with E-state index < -0.39 is 0 Å². The Morgan fingerprint density at radius 1 is 1.47 bits per heavy atom. The molecule has 1 aromatic carbocycles. The number of hydrogen-bond donors (Lipinski definition) is 3. The summed E-state index contributed by atoms with van der Waals surface area (Å²) in [4.78, 5) is 11.7. The van der Waals surface area contributed by atoms with Crippen LogP contribution >= 0.6 is 0 Å². The summed E-state index contributed by atoms with van der Waals surface area (Å²) in [5.41, 5.74) is 8.60. The van der Waals surface area contributed by atoms with Crippen molar-refractivity contribution in [1.29, 1.82) is 0 Å². The Kier molecular flexibility index (Phi) is 3.69. The molecule has 4 heteroatoms. The van der Waals surface area contributed by atoms with Gasteiger partial charge in [-0.1, -0.05) is 13.8 Å². The molecule has 0 aliphatic heterocycles. The number of nitrogens with one attached hydrogen (secondary N) is 2. The van der Waals surface area contributed by atoms with Crippen molar-refractivity contribution in [2.45, 2.75) is 27.2 Å². The molecule has 0 bridgehead atoms. The van der Waals surface area contributed by atoms with Crippen molar-refractivity contribution >= 4 is 17.3 Å². The highest BCUT2D eigenvalue weighted by molar-refractivity contribution is 5.96. The van der Waals surface area contributed by atoms with Gasteiger partial charge in [-0.05, 0) is 42.9 Å². The Hall–Kier alpha value is -1.71. The van der Waals surface area contributed by atoms with Gasteiger partial charge in [-0.25, -0.2) is 0 Å². The molecule has 1 atom stereocenters. The van der Waals surface area contributed by atoms with E-state index in [1.165, 1.54) is 6.42 Å².